The molecule has 20 heavy (non-hydrogen) atoms. The largest absolute Gasteiger partial charge is 0.294 e. The van der Waals surface area contributed by atoms with Gasteiger partial charge in [-0.05, 0) is 30.9 Å². The molecule has 0 N–H and O–H groups in total. The number of rotatable bonds is 3. The number of ketones is 1. The fourth-order valence-electron chi connectivity index (χ4n) is 2.65. The number of benzene rings is 1. The molecule has 108 valence electrons. The third kappa shape index (κ3) is 3.33. The summed E-state index contributed by atoms with van der Waals surface area (Å²) in [6.45, 7) is 1.80. The van der Waals surface area contributed by atoms with Crippen molar-refractivity contribution in [2.24, 2.45) is 0 Å². The lowest BCUT2D eigenvalue weighted by molar-refractivity contribution is 0.0184. The Morgan fingerprint density at radius 1 is 1.25 bits per heavy atom. The molecular formula is C17H20F2O. The molecule has 1 aromatic rings. The number of Topliss-reactive ketones (excluding diaryl/α,β-unsaturated/α-hetero) is 1. The van der Waals surface area contributed by atoms with Gasteiger partial charge in [0.2, 0.25) is 0 Å². The van der Waals surface area contributed by atoms with Gasteiger partial charge >= 0.3 is 0 Å². The van der Waals surface area contributed by atoms with Crippen LogP contribution in [0.4, 0.5) is 8.78 Å². The van der Waals surface area contributed by atoms with Crippen molar-refractivity contribution in [1.82, 2.24) is 0 Å². The Bertz CT molecular complexity index is 488. The van der Waals surface area contributed by atoms with Crippen LogP contribution in [0.5, 0.6) is 0 Å². The number of carbonyl (C=O) groups is 1. The first kappa shape index (κ1) is 14.9. The lowest BCUT2D eigenvalue weighted by Gasteiger charge is -2.26. The highest BCUT2D eigenvalue weighted by Gasteiger charge is 2.37. The van der Waals surface area contributed by atoms with Crippen molar-refractivity contribution in [2.75, 3.05) is 0 Å². The van der Waals surface area contributed by atoms with E-state index < -0.39 is 11.8 Å². The molecule has 0 bridgehead atoms. The van der Waals surface area contributed by atoms with Crippen molar-refractivity contribution in [2.45, 2.75) is 50.9 Å². The molecular weight excluding hydrogens is 258 g/mol. The third-order valence-corrected chi connectivity index (χ3v) is 3.87. The average molecular weight is 278 g/mol. The van der Waals surface area contributed by atoms with Gasteiger partial charge in [0, 0.05) is 12.0 Å². The lowest BCUT2D eigenvalue weighted by atomic mass is 9.85. The second-order valence-corrected chi connectivity index (χ2v) is 5.31. The van der Waals surface area contributed by atoms with Crippen molar-refractivity contribution < 1.29 is 13.6 Å². The van der Waals surface area contributed by atoms with Gasteiger partial charge in [-0.1, -0.05) is 43.7 Å². The van der Waals surface area contributed by atoms with E-state index in [0.29, 0.717) is 24.0 Å². The van der Waals surface area contributed by atoms with Crippen LogP contribution in [0.25, 0.3) is 0 Å². The summed E-state index contributed by atoms with van der Waals surface area (Å²) >= 11 is 0. The van der Waals surface area contributed by atoms with Gasteiger partial charge in [0.1, 0.15) is 0 Å². The zero-order valence-electron chi connectivity index (χ0n) is 11.7. The second-order valence-electron chi connectivity index (χ2n) is 5.31. The summed E-state index contributed by atoms with van der Waals surface area (Å²) in [6, 6.07) is 6.69. The van der Waals surface area contributed by atoms with E-state index in [2.05, 4.69) is 0 Å². The molecule has 0 aliphatic heterocycles. The van der Waals surface area contributed by atoms with Crippen molar-refractivity contribution >= 4 is 5.78 Å². The van der Waals surface area contributed by atoms with Crippen LogP contribution >= 0.6 is 0 Å². The topological polar surface area (TPSA) is 17.1 Å². The van der Waals surface area contributed by atoms with E-state index in [1.54, 1.807) is 37.3 Å². The Balaban J connectivity index is 2.26. The summed E-state index contributed by atoms with van der Waals surface area (Å²) in [5.41, 5.74) is 1.22. The van der Waals surface area contributed by atoms with Crippen molar-refractivity contribution in [3.05, 3.63) is 47.5 Å². The Morgan fingerprint density at radius 3 is 2.60 bits per heavy atom. The number of allylic oxidation sites excluding steroid dienone is 2. The fraction of sp³-hybridized carbons (Fsp3) is 0.471. The van der Waals surface area contributed by atoms with Gasteiger partial charge in [0.25, 0.3) is 5.92 Å². The SMILES string of the molecule is CCC(=O)c1ccc(C2CCCC/C=C\C2(F)F)cc1. The van der Waals surface area contributed by atoms with Crippen molar-refractivity contribution in [1.29, 1.82) is 0 Å². The van der Waals surface area contributed by atoms with Crippen LogP contribution in [0, 0.1) is 0 Å². The first-order chi connectivity index (χ1) is 9.54. The van der Waals surface area contributed by atoms with Crippen LogP contribution in [0.3, 0.4) is 0 Å². The van der Waals surface area contributed by atoms with E-state index in [0.717, 1.165) is 25.3 Å². The van der Waals surface area contributed by atoms with Gasteiger partial charge in [-0.2, -0.15) is 0 Å². The molecule has 2 rings (SSSR count). The predicted molar refractivity (Wildman–Crippen MR) is 76.4 cm³/mol. The first-order valence-corrected chi connectivity index (χ1v) is 7.23. The van der Waals surface area contributed by atoms with Gasteiger partial charge in [-0.25, -0.2) is 8.78 Å². The van der Waals surface area contributed by atoms with Crippen LogP contribution in [-0.2, 0) is 0 Å². The van der Waals surface area contributed by atoms with E-state index in [1.165, 1.54) is 0 Å². The molecule has 0 fully saturated rings. The highest BCUT2D eigenvalue weighted by Crippen LogP contribution is 2.40. The molecule has 0 saturated heterocycles. The van der Waals surface area contributed by atoms with E-state index >= 15 is 0 Å². The van der Waals surface area contributed by atoms with Gasteiger partial charge < -0.3 is 0 Å². The summed E-state index contributed by atoms with van der Waals surface area (Å²) in [5, 5.41) is 0. The molecule has 1 unspecified atom stereocenters. The monoisotopic (exact) mass is 278 g/mol. The minimum Gasteiger partial charge on any atom is -0.294 e. The number of hydrogen-bond acceptors (Lipinski definition) is 1. The molecule has 1 aliphatic rings. The van der Waals surface area contributed by atoms with E-state index in [-0.39, 0.29) is 5.78 Å². The van der Waals surface area contributed by atoms with Crippen LogP contribution in [0.2, 0.25) is 0 Å². The molecule has 3 heteroatoms. The molecule has 0 saturated carbocycles. The minimum absolute atomic E-state index is 0.0425. The zero-order valence-corrected chi connectivity index (χ0v) is 11.7. The third-order valence-electron chi connectivity index (χ3n) is 3.87. The molecule has 0 aromatic heterocycles. The van der Waals surface area contributed by atoms with Gasteiger partial charge in [0.05, 0.1) is 5.92 Å². The Morgan fingerprint density at radius 2 is 1.95 bits per heavy atom. The van der Waals surface area contributed by atoms with Crippen LogP contribution in [0.1, 0.15) is 60.9 Å². The van der Waals surface area contributed by atoms with Crippen LogP contribution in [-0.4, -0.2) is 11.7 Å². The standard InChI is InChI=1S/C17H20F2O/c1-2-16(20)14-10-8-13(9-11-14)15-7-5-3-4-6-12-17(15,18)19/h6,8-12,15H,2-5,7H2,1H3/b12-6-. The minimum atomic E-state index is -2.81. The summed E-state index contributed by atoms with van der Waals surface area (Å²) in [5.74, 6) is -3.55. The highest BCUT2D eigenvalue weighted by molar-refractivity contribution is 5.95. The highest BCUT2D eigenvalue weighted by atomic mass is 19.3. The average Bonchev–Trinajstić information content (AvgIpc) is 2.43. The van der Waals surface area contributed by atoms with Gasteiger partial charge in [-0.3, -0.25) is 4.79 Å². The van der Waals surface area contributed by atoms with Crippen molar-refractivity contribution in [3.8, 4) is 0 Å². The zero-order chi connectivity index (χ0) is 14.6. The molecule has 0 spiro atoms. The van der Waals surface area contributed by atoms with Gasteiger partial charge in [0.15, 0.2) is 5.78 Å². The molecule has 1 aliphatic carbocycles. The first-order valence-electron chi connectivity index (χ1n) is 7.23. The smallest absolute Gasteiger partial charge is 0.273 e. The molecule has 0 heterocycles. The van der Waals surface area contributed by atoms with Gasteiger partial charge in [-0.15, -0.1) is 0 Å². The number of carbonyl (C=O) groups excluding carboxylic acids is 1. The lowest BCUT2D eigenvalue weighted by Crippen LogP contribution is -2.25. The summed E-state index contributed by atoms with van der Waals surface area (Å²) in [6.07, 6.45) is 6.03. The molecule has 1 nitrogen and oxygen atoms in total. The number of hydrogen-bond donors (Lipinski definition) is 0. The second kappa shape index (κ2) is 6.29. The van der Waals surface area contributed by atoms with Crippen LogP contribution in [0.15, 0.2) is 36.4 Å². The van der Waals surface area contributed by atoms with E-state index in [4.69, 9.17) is 0 Å². The summed E-state index contributed by atoms with van der Waals surface area (Å²) in [4.78, 5) is 11.6. The van der Waals surface area contributed by atoms with Crippen molar-refractivity contribution in [3.63, 3.8) is 0 Å². The molecule has 0 amide bonds. The summed E-state index contributed by atoms with van der Waals surface area (Å²) < 4.78 is 28.3. The van der Waals surface area contributed by atoms with E-state index in [1.807, 2.05) is 0 Å². The quantitative estimate of drug-likeness (QED) is 0.553. The predicted octanol–water partition coefficient (Wildman–Crippen LogP) is 5.13. The Hall–Kier alpha value is -1.51. The Kier molecular flexibility index (Phi) is 4.69. The maximum absolute atomic E-state index is 14.2. The molecule has 1 aromatic carbocycles. The Labute approximate surface area is 118 Å². The summed E-state index contributed by atoms with van der Waals surface area (Å²) in [7, 11) is 0. The normalized spacial score (nSPS) is 23.6. The van der Waals surface area contributed by atoms with Crippen LogP contribution < -0.4 is 0 Å². The maximum atomic E-state index is 14.2. The maximum Gasteiger partial charge on any atom is 0.273 e. The number of alkyl halides is 2. The molecule has 0 radical (unpaired) electrons. The van der Waals surface area contributed by atoms with E-state index in [9.17, 15) is 13.6 Å². The molecule has 1 atom stereocenters. The number of halogens is 2. The fourth-order valence-corrected chi connectivity index (χ4v) is 2.65.